The largest absolute Gasteiger partial charge is 0.337 e. The molecule has 0 bridgehead atoms. The molecule has 0 atom stereocenters. The number of pyridine rings is 1. The van der Waals surface area contributed by atoms with Crippen molar-refractivity contribution in [3.05, 3.63) is 48.3 Å². The topological polar surface area (TPSA) is 67.6 Å². The van der Waals surface area contributed by atoms with Gasteiger partial charge in [0.05, 0.1) is 17.2 Å². The van der Waals surface area contributed by atoms with E-state index in [0.717, 1.165) is 28.8 Å². The molecule has 2 heterocycles. The zero-order valence-corrected chi connectivity index (χ0v) is 9.93. The number of rotatable bonds is 3. The Balaban J connectivity index is 2.05. The second-order valence-electron chi connectivity index (χ2n) is 4.22. The van der Waals surface area contributed by atoms with Crippen molar-refractivity contribution in [1.82, 2.24) is 15.0 Å². The summed E-state index contributed by atoms with van der Waals surface area (Å²) in [6.07, 6.45) is 4.42. The van der Waals surface area contributed by atoms with Crippen LogP contribution in [0.15, 0.2) is 42.7 Å². The van der Waals surface area contributed by atoms with Crippen LogP contribution in [0.5, 0.6) is 0 Å². The van der Waals surface area contributed by atoms with Crippen molar-refractivity contribution < 1.29 is 0 Å². The molecule has 4 nitrogen and oxygen atoms in total. The molecule has 2 aromatic heterocycles. The van der Waals surface area contributed by atoms with Crippen LogP contribution in [0, 0.1) is 0 Å². The predicted molar refractivity (Wildman–Crippen MR) is 72.1 cm³/mol. The van der Waals surface area contributed by atoms with E-state index in [4.69, 9.17) is 5.73 Å². The highest BCUT2D eigenvalue weighted by Gasteiger charge is 2.05. The number of hydrogen-bond acceptors (Lipinski definition) is 3. The van der Waals surface area contributed by atoms with E-state index in [9.17, 15) is 0 Å². The SMILES string of the molecule is NCCc1cccc(-c2nc3ccncc3[nH]2)c1. The Morgan fingerprint density at radius 2 is 2.17 bits per heavy atom. The van der Waals surface area contributed by atoms with E-state index < -0.39 is 0 Å². The van der Waals surface area contributed by atoms with Gasteiger partial charge in [0.2, 0.25) is 0 Å². The predicted octanol–water partition coefficient (Wildman–Crippen LogP) is 2.13. The molecule has 0 radical (unpaired) electrons. The Kier molecular flexibility index (Phi) is 2.78. The first kappa shape index (κ1) is 10.9. The van der Waals surface area contributed by atoms with Crippen molar-refractivity contribution in [2.75, 3.05) is 6.54 Å². The van der Waals surface area contributed by atoms with Crippen LogP contribution < -0.4 is 5.73 Å². The van der Waals surface area contributed by atoms with E-state index in [1.54, 1.807) is 12.4 Å². The third kappa shape index (κ3) is 1.98. The van der Waals surface area contributed by atoms with Gasteiger partial charge in [-0.05, 0) is 30.7 Å². The summed E-state index contributed by atoms with van der Waals surface area (Å²) < 4.78 is 0. The lowest BCUT2D eigenvalue weighted by Gasteiger charge is -2.01. The normalized spacial score (nSPS) is 10.9. The summed E-state index contributed by atoms with van der Waals surface area (Å²) in [4.78, 5) is 11.9. The van der Waals surface area contributed by atoms with Crippen molar-refractivity contribution >= 4 is 11.0 Å². The van der Waals surface area contributed by atoms with Gasteiger partial charge in [0.25, 0.3) is 0 Å². The standard InChI is InChI=1S/C14H14N4/c15-6-4-10-2-1-3-11(8-10)14-17-12-5-7-16-9-13(12)18-14/h1-3,5,7-9H,4,6,15H2,(H,17,18). The highest BCUT2D eigenvalue weighted by molar-refractivity contribution is 5.78. The van der Waals surface area contributed by atoms with Crippen LogP contribution >= 0.6 is 0 Å². The number of H-pyrrole nitrogens is 1. The molecule has 3 rings (SSSR count). The molecular weight excluding hydrogens is 224 g/mol. The fourth-order valence-corrected chi connectivity index (χ4v) is 2.03. The van der Waals surface area contributed by atoms with Crippen molar-refractivity contribution in [3.63, 3.8) is 0 Å². The van der Waals surface area contributed by atoms with Crippen LogP contribution in [0.1, 0.15) is 5.56 Å². The van der Waals surface area contributed by atoms with E-state index in [1.165, 1.54) is 5.56 Å². The summed E-state index contributed by atoms with van der Waals surface area (Å²) in [7, 11) is 0. The number of benzene rings is 1. The van der Waals surface area contributed by atoms with E-state index in [2.05, 4.69) is 27.1 Å². The first-order valence-electron chi connectivity index (χ1n) is 5.96. The Bertz CT molecular complexity index is 639. The number of aromatic nitrogens is 3. The molecule has 90 valence electrons. The van der Waals surface area contributed by atoms with Gasteiger partial charge in [-0.3, -0.25) is 4.98 Å². The molecule has 1 aromatic carbocycles. The molecule has 3 N–H and O–H groups in total. The van der Waals surface area contributed by atoms with E-state index in [1.807, 2.05) is 18.2 Å². The maximum absolute atomic E-state index is 5.58. The van der Waals surface area contributed by atoms with Crippen LogP contribution in [0.2, 0.25) is 0 Å². The number of imidazole rings is 1. The number of nitrogens with two attached hydrogens (primary N) is 1. The van der Waals surface area contributed by atoms with Crippen LogP contribution in [-0.2, 0) is 6.42 Å². The highest BCUT2D eigenvalue weighted by atomic mass is 14.9. The lowest BCUT2D eigenvalue weighted by Crippen LogP contribution is -2.02. The lowest BCUT2D eigenvalue weighted by molar-refractivity contribution is 0.969. The van der Waals surface area contributed by atoms with Crippen molar-refractivity contribution in [2.45, 2.75) is 6.42 Å². The molecule has 4 heteroatoms. The Morgan fingerprint density at radius 1 is 1.22 bits per heavy atom. The summed E-state index contributed by atoms with van der Waals surface area (Å²) >= 11 is 0. The third-order valence-electron chi connectivity index (χ3n) is 2.92. The number of aromatic amines is 1. The van der Waals surface area contributed by atoms with Gasteiger partial charge in [-0.1, -0.05) is 18.2 Å². The van der Waals surface area contributed by atoms with Crippen molar-refractivity contribution in [1.29, 1.82) is 0 Å². The highest BCUT2D eigenvalue weighted by Crippen LogP contribution is 2.20. The van der Waals surface area contributed by atoms with Gasteiger partial charge in [0.1, 0.15) is 5.82 Å². The quantitative estimate of drug-likeness (QED) is 0.734. The maximum atomic E-state index is 5.58. The maximum Gasteiger partial charge on any atom is 0.138 e. The van der Waals surface area contributed by atoms with Crippen LogP contribution in [0.3, 0.4) is 0 Å². The molecule has 0 amide bonds. The summed E-state index contributed by atoms with van der Waals surface area (Å²) in [5, 5.41) is 0. The van der Waals surface area contributed by atoms with Gasteiger partial charge in [0, 0.05) is 11.8 Å². The molecule has 0 saturated carbocycles. The van der Waals surface area contributed by atoms with Crippen LogP contribution in [0.25, 0.3) is 22.4 Å². The van der Waals surface area contributed by atoms with Gasteiger partial charge < -0.3 is 10.7 Å². The molecular formula is C14H14N4. The van der Waals surface area contributed by atoms with Gasteiger partial charge in [-0.2, -0.15) is 0 Å². The molecule has 0 aliphatic heterocycles. The van der Waals surface area contributed by atoms with E-state index in [-0.39, 0.29) is 0 Å². The third-order valence-corrected chi connectivity index (χ3v) is 2.92. The average Bonchev–Trinajstić information content (AvgIpc) is 2.83. The Labute approximate surface area is 105 Å². The summed E-state index contributed by atoms with van der Waals surface area (Å²) in [6, 6.07) is 10.2. The van der Waals surface area contributed by atoms with Crippen molar-refractivity contribution in [3.8, 4) is 11.4 Å². The first-order valence-corrected chi connectivity index (χ1v) is 5.96. The molecule has 0 fully saturated rings. The van der Waals surface area contributed by atoms with Crippen molar-refractivity contribution in [2.24, 2.45) is 5.73 Å². The molecule has 3 aromatic rings. The fourth-order valence-electron chi connectivity index (χ4n) is 2.03. The second-order valence-corrected chi connectivity index (χ2v) is 4.22. The smallest absolute Gasteiger partial charge is 0.138 e. The monoisotopic (exact) mass is 238 g/mol. The average molecular weight is 238 g/mol. The number of fused-ring (bicyclic) bond motifs is 1. The minimum Gasteiger partial charge on any atom is -0.337 e. The zero-order valence-electron chi connectivity index (χ0n) is 9.93. The van der Waals surface area contributed by atoms with Crippen LogP contribution in [-0.4, -0.2) is 21.5 Å². The first-order chi connectivity index (χ1) is 8.86. The van der Waals surface area contributed by atoms with Crippen LogP contribution in [0.4, 0.5) is 0 Å². The zero-order chi connectivity index (χ0) is 12.4. The number of nitrogens with one attached hydrogen (secondary N) is 1. The summed E-state index contributed by atoms with van der Waals surface area (Å²) in [5.41, 5.74) is 9.78. The lowest BCUT2D eigenvalue weighted by atomic mass is 10.1. The minimum atomic E-state index is 0.660. The molecule has 0 aliphatic rings. The minimum absolute atomic E-state index is 0.660. The molecule has 0 unspecified atom stereocenters. The van der Waals surface area contributed by atoms with Gasteiger partial charge in [0.15, 0.2) is 0 Å². The molecule has 0 aliphatic carbocycles. The molecule has 0 saturated heterocycles. The fraction of sp³-hybridized carbons (Fsp3) is 0.143. The Hall–Kier alpha value is -2.20. The second kappa shape index (κ2) is 4.58. The van der Waals surface area contributed by atoms with E-state index in [0.29, 0.717) is 6.54 Å². The molecule has 18 heavy (non-hydrogen) atoms. The summed E-state index contributed by atoms with van der Waals surface area (Å²) in [6.45, 7) is 0.660. The number of nitrogens with zero attached hydrogens (tertiary/aromatic N) is 2. The molecule has 0 spiro atoms. The van der Waals surface area contributed by atoms with Gasteiger partial charge in [-0.15, -0.1) is 0 Å². The summed E-state index contributed by atoms with van der Waals surface area (Å²) in [5.74, 6) is 0.872. The van der Waals surface area contributed by atoms with Gasteiger partial charge in [-0.25, -0.2) is 4.98 Å². The van der Waals surface area contributed by atoms with Gasteiger partial charge >= 0.3 is 0 Å². The Morgan fingerprint density at radius 3 is 3.00 bits per heavy atom. The number of hydrogen-bond donors (Lipinski definition) is 2. The van der Waals surface area contributed by atoms with E-state index >= 15 is 0 Å².